The Bertz CT molecular complexity index is 250. The van der Waals surface area contributed by atoms with Crippen LogP contribution in [-0.4, -0.2) is 20.7 Å². The Morgan fingerprint density at radius 1 is 1.45 bits per heavy atom. The van der Waals surface area contributed by atoms with E-state index in [4.69, 9.17) is 5.26 Å². The van der Waals surface area contributed by atoms with Gasteiger partial charge in [-0.15, -0.1) is 0 Å². The zero-order valence-corrected chi connectivity index (χ0v) is 7.64. The third-order valence-electron chi connectivity index (χ3n) is 1.15. The zero-order chi connectivity index (χ0) is 9.07. The van der Waals surface area contributed by atoms with Gasteiger partial charge in [-0.05, 0) is 5.92 Å². The quantitative estimate of drug-likeness (QED) is 0.662. The summed E-state index contributed by atoms with van der Waals surface area (Å²) < 4.78 is 23.5. The molecule has 0 saturated carbocycles. The normalized spacial score (nSPS) is 14.5. The van der Waals surface area contributed by atoms with Gasteiger partial charge in [0.25, 0.3) is 0 Å². The van der Waals surface area contributed by atoms with E-state index in [0.717, 1.165) is 6.26 Å². The summed E-state index contributed by atoms with van der Waals surface area (Å²) in [5, 5.41) is 8.48. The Labute approximate surface area is 67.3 Å². The van der Waals surface area contributed by atoms with Crippen molar-refractivity contribution in [3.05, 3.63) is 0 Å². The van der Waals surface area contributed by atoms with Crippen LogP contribution in [0.1, 0.15) is 13.8 Å². The first-order valence-electron chi connectivity index (χ1n) is 3.23. The second kappa shape index (κ2) is 3.69. The molecule has 0 aliphatic heterocycles. The van der Waals surface area contributed by atoms with Gasteiger partial charge >= 0.3 is 0 Å². The molecule has 1 unspecified atom stereocenters. The second-order valence-electron chi connectivity index (χ2n) is 2.74. The minimum Gasteiger partial charge on any atom is -0.213 e. The Morgan fingerprint density at radius 3 is 2.00 bits per heavy atom. The molecule has 64 valence electrons. The fourth-order valence-corrected chi connectivity index (χ4v) is 1.33. The Kier molecular flexibility index (Phi) is 3.49. The minimum absolute atomic E-state index is 0.00488. The van der Waals surface area contributed by atoms with Crippen LogP contribution in [0.2, 0.25) is 0 Å². The number of hydrogen-bond donors (Lipinski definition) is 1. The molecule has 0 fully saturated rings. The monoisotopic (exact) mass is 176 g/mol. The highest BCUT2D eigenvalue weighted by molar-refractivity contribution is 7.88. The van der Waals surface area contributed by atoms with Crippen molar-refractivity contribution in [1.82, 2.24) is 4.72 Å². The van der Waals surface area contributed by atoms with E-state index < -0.39 is 16.1 Å². The number of nitrogens with zero attached hydrogens (tertiary/aromatic N) is 1. The summed E-state index contributed by atoms with van der Waals surface area (Å²) >= 11 is 0. The lowest BCUT2D eigenvalue weighted by Gasteiger charge is -2.12. The molecule has 4 nitrogen and oxygen atoms in total. The summed E-state index contributed by atoms with van der Waals surface area (Å²) in [6.45, 7) is 3.57. The minimum atomic E-state index is -3.25. The van der Waals surface area contributed by atoms with Crippen molar-refractivity contribution in [1.29, 1.82) is 5.26 Å². The smallest absolute Gasteiger partial charge is 0.209 e. The van der Waals surface area contributed by atoms with E-state index >= 15 is 0 Å². The second-order valence-corrected chi connectivity index (χ2v) is 4.52. The first-order chi connectivity index (χ1) is 4.87. The third kappa shape index (κ3) is 4.76. The van der Waals surface area contributed by atoms with Gasteiger partial charge in [-0.25, -0.2) is 8.42 Å². The lowest BCUT2D eigenvalue weighted by Crippen LogP contribution is -2.36. The van der Waals surface area contributed by atoms with Gasteiger partial charge in [-0.2, -0.15) is 9.98 Å². The Balaban J connectivity index is 4.26. The number of nitrogens with one attached hydrogen (secondary N) is 1. The first kappa shape index (κ1) is 10.4. The molecule has 0 spiro atoms. The van der Waals surface area contributed by atoms with Crippen molar-refractivity contribution < 1.29 is 8.42 Å². The average molecular weight is 176 g/mol. The molecule has 1 atom stereocenters. The lowest BCUT2D eigenvalue weighted by molar-refractivity contribution is 0.518. The summed E-state index contributed by atoms with van der Waals surface area (Å²) in [7, 11) is -3.25. The molecule has 0 heterocycles. The molecule has 0 radical (unpaired) electrons. The fourth-order valence-electron chi connectivity index (χ4n) is 0.542. The van der Waals surface area contributed by atoms with Gasteiger partial charge in [-0.3, -0.25) is 0 Å². The molecule has 0 bridgehead atoms. The molecule has 5 heteroatoms. The highest BCUT2D eigenvalue weighted by atomic mass is 32.2. The van der Waals surface area contributed by atoms with Gasteiger partial charge in [0.05, 0.1) is 12.3 Å². The van der Waals surface area contributed by atoms with Gasteiger partial charge in [0, 0.05) is 0 Å². The van der Waals surface area contributed by atoms with Crippen LogP contribution in [0.5, 0.6) is 0 Å². The summed E-state index contributed by atoms with van der Waals surface area (Å²) in [4.78, 5) is 0. The maximum Gasteiger partial charge on any atom is 0.209 e. The molecular weight excluding hydrogens is 164 g/mol. The summed E-state index contributed by atoms with van der Waals surface area (Å²) in [5.74, 6) is -0.00488. The lowest BCUT2D eigenvalue weighted by atomic mass is 10.1. The maximum absolute atomic E-state index is 10.6. The zero-order valence-electron chi connectivity index (χ0n) is 6.83. The molecule has 1 N–H and O–H groups in total. The van der Waals surface area contributed by atoms with E-state index in [9.17, 15) is 8.42 Å². The highest BCUT2D eigenvalue weighted by Gasteiger charge is 2.15. The van der Waals surface area contributed by atoms with Crippen molar-refractivity contribution in [2.75, 3.05) is 6.26 Å². The van der Waals surface area contributed by atoms with Gasteiger partial charge in [0.15, 0.2) is 0 Å². The summed E-state index contributed by atoms with van der Waals surface area (Å²) in [5.41, 5.74) is 0. The molecule has 0 aliphatic rings. The predicted octanol–water partition coefficient (Wildman–Crippen LogP) is 0.0838. The van der Waals surface area contributed by atoms with Crippen LogP contribution in [0.15, 0.2) is 0 Å². The van der Waals surface area contributed by atoms with Gasteiger partial charge in [0.1, 0.15) is 6.04 Å². The standard InChI is InChI=1S/C6H12N2O2S/c1-5(2)6(4-7)8-11(3,9)10/h5-6,8H,1-3H3. The maximum atomic E-state index is 10.6. The number of hydrogen-bond acceptors (Lipinski definition) is 3. The largest absolute Gasteiger partial charge is 0.213 e. The van der Waals surface area contributed by atoms with Crippen LogP contribution < -0.4 is 4.72 Å². The molecule has 0 aliphatic carbocycles. The number of rotatable bonds is 3. The van der Waals surface area contributed by atoms with Crippen molar-refractivity contribution >= 4 is 10.0 Å². The number of nitriles is 1. The SMILES string of the molecule is CC(C)C(C#N)NS(C)(=O)=O. The predicted molar refractivity (Wildman–Crippen MR) is 42.2 cm³/mol. The highest BCUT2D eigenvalue weighted by Crippen LogP contribution is 2.00. The van der Waals surface area contributed by atoms with E-state index in [1.54, 1.807) is 13.8 Å². The van der Waals surface area contributed by atoms with Crippen molar-refractivity contribution in [3.8, 4) is 6.07 Å². The topological polar surface area (TPSA) is 70.0 Å². The van der Waals surface area contributed by atoms with Crippen molar-refractivity contribution in [2.24, 2.45) is 5.92 Å². The first-order valence-corrected chi connectivity index (χ1v) is 5.13. The van der Waals surface area contributed by atoms with E-state index in [2.05, 4.69) is 4.72 Å². The summed E-state index contributed by atoms with van der Waals surface area (Å²) in [6.07, 6.45) is 1.04. The molecule has 11 heavy (non-hydrogen) atoms. The van der Waals surface area contributed by atoms with Crippen LogP contribution in [0, 0.1) is 17.2 Å². The van der Waals surface area contributed by atoms with Crippen LogP contribution in [-0.2, 0) is 10.0 Å². The molecule has 0 aromatic heterocycles. The van der Waals surface area contributed by atoms with Crippen LogP contribution in [0.4, 0.5) is 0 Å². The Hall–Kier alpha value is -0.600. The van der Waals surface area contributed by atoms with E-state index in [1.165, 1.54) is 0 Å². The van der Waals surface area contributed by atoms with Gasteiger partial charge < -0.3 is 0 Å². The fraction of sp³-hybridized carbons (Fsp3) is 0.833. The number of sulfonamides is 1. The van der Waals surface area contributed by atoms with E-state index in [-0.39, 0.29) is 5.92 Å². The molecule has 0 rings (SSSR count). The molecular formula is C6H12N2O2S. The molecule has 0 aromatic carbocycles. The van der Waals surface area contributed by atoms with Crippen LogP contribution >= 0.6 is 0 Å². The van der Waals surface area contributed by atoms with Crippen LogP contribution in [0.3, 0.4) is 0 Å². The molecule has 0 amide bonds. The van der Waals surface area contributed by atoms with Gasteiger partial charge in [0.2, 0.25) is 10.0 Å². The van der Waals surface area contributed by atoms with Crippen molar-refractivity contribution in [2.45, 2.75) is 19.9 Å². The summed E-state index contributed by atoms with van der Waals surface area (Å²) in [6, 6.07) is 1.25. The molecule has 0 aromatic rings. The van der Waals surface area contributed by atoms with E-state index in [0.29, 0.717) is 0 Å². The Morgan fingerprint density at radius 2 is 1.91 bits per heavy atom. The average Bonchev–Trinajstić information content (AvgIpc) is 1.80. The van der Waals surface area contributed by atoms with Gasteiger partial charge in [-0.1, -0.05) is 13.8 Å². The van der Waals surface area contributed by atoms with E-state index in [1.807, 2.05) is 6.07 Å². The molecule has 0 saturated heterocycles. The van der Waals surface area contributed by atoms with Crippen LogP contribution in [0.25, 0.3) is 0 Å². The van der Waals surface area contributed by atoms with Crippen molar-refractivity contribution in [3.63, 3.8) is 0 Å². The third-order valence-corrected chi connectivity index (χ3v) is 1.83.